The number of aliphatic hydroxyl groups is 1. The first-order valence-corrected chi connectivity index (χ1v) is 11.5. The molecule has 1 aliphatic rings. The number of hydrogen-bond donors (Lipinski definition) is 3. The van der Waals surface area contributed by atoms with Crippen molar-refractivity contribution in [3.05, 3.63) is 53.6 Å². The quantitative estimate of drug-likeness (QED) is 0.355. The maximum Gasteiger partial charge on any atom is 0.335 e. The van der Waals surface area contributed by atoms with Gasteiger partial charge in [-0.25, -0.2) is 9.97 Å². The van der Waals surface area contributed by atoms with Gasteiger partial charge in [-0.1, -0.05) is 5.16 Å². The molecule has 1 fully saturated rings. The van der Waals surface area contributed by atoms with Gasteiger partial charge in [0.2, 0.25) is 5.78 Å². The largest absolute Gasteiger partial charge is 0.390 e. The van der Waals surface area contributed by atoms with E-state index in [1.54, 1.807) is 29.9 Å². The number of aryl methyl sites for hydroxylation is 1. The van der Waals surface area contributed by atoms with Gasteiger partial charge in [0.05, 0.1) is 18.2 Å². The molecular formula is C19H23N7O6S. The van der Waals surface area contributed by atoms with Gasteiger partial charge in [-0.3, -0.25) is 13.7 Å². The smallest absolute Gasteiger partial charge is 0.335 e. The molecule has 0 aliphatic heterocycles. The van der Waals surface area contributed by atoms with Crippen molar-refractivity contribution in [2.75, 3.05) is 12.4 Å². The summed E-state index contributed by atoms with van der Waals surface area (Å²) in [7, 11) is -2.73. The minimum absolute atomic E-state index is 0.195. The molecule has 33 heavy (non-hydrogen) atoms. The molecule has 14 heteroatoms. The van der Waals surface area contributed by atoms with Gasteiger partial charge >= 0.3 is 10.3 Å². The number of ketones is 1. The van der Waals surface area contributed by atoms with Crippen LogP contribution in [-0.4, -0.2) is 69.5 Å². The van der Waals surface area contributed by atoms with Crippen molar-refractivity contribution in [3.8, 4) is 0 Å². The summed E-state index contributed by atoms with van der Waals surface area (Å²) >= 11 is 0. The SMILES string of the molecule is CNS(=O)(=O)O[C@@H]1C[C@H](Nc2ncncc2C(=O)c2ccn(Cc3cc(C)on3)n2)C[C@@H]1O. The zero-order valence-electron chi connectivity index (χ0n) is 17.9. The fourth-order valence-corrected chi connectivity index (χ4v) is 4.21. The summed E-state index contributed by atoms with van der Waals surface area (Å²) in [6.45, 7) is 2.13. The summed E-state index contributed by atoms with van der Waals surface area (Å²) in [5.74, 6) is 0.544. The van der Waals surface area contributed by atoms with E-state index in [0.29, 0.717) is 18.0 Å². The van der Waals surface area contributed by atoms with Crippen LogP contribution in [0.25, 0.3) is 0 Å². The molecule has 13 nitrogen and oxygen atoms in total. The summed E-state index contributed by atoms with van der Waals surface area (Å²) < 4.78 is 36.9. The van der Waals surface area contributed by atoms with Crippen molar-refractivity contribution in [2.45, 2.75) is 44.6 Å². The summed E-state index contributed by atoms with van der Waals surface area (Å²) in [5.41, 5.74) is 1.07. The fourth-order valence-electron chi connectivity index (χ4n) is 3.58. The first-order chi connectivity index (χ1) is 15.7. The molecule has 3 heterocycles. The van der Waals surface area contributed by atoms with E-state index >= 15 is 0 Å². The summed E-state index contributed by atoms with van der Waals surface area (Å²) in [5, 5.41) is 21.5. The number of hydrogen-bond acceptors (Lipinski definition) is 11. The summed E-state index contributed by atoms with van der Waals surface area (Å²) in [4.78, 5) is 21.2. The highest BCUT2D eigenvalue weighted by molar-refractivity contribution is 7.84. The molecule has 176 valence electrons. The van der Waals surface area contributed by atoms with E-state index in [4.69, 9.17) is 8.71 Å². The van der Waals surface area contributed by atoms with Crippen LogP contribution in [0.4, 0.5) is 5.82 Å². The van der Waals surface area contributed by atoms with E-state index in [1.165, 1.54) is 19.6 Å². The molecule has 4 rings (SSSR count). The van der Waals surface area contributed by atoms with Crippen LogP contribution in [-0.2, 0) is 21.0 Å². The number of aromatic nitrogens is 5. The van der Waals surface area contributed by atoms with Crippen LogP contribution in [0, 0.1) is 6.92 Å². The monoisotopic (exact) mass is 477 g/mol. The van der Waals surface area contributed by atoms with Gasteiger partial charge in [0, 0.05) is 31.5 Å². The number of rotatable bonds is 9. The summed E-state index contributed by atoms with van der Waals surface area (Å²) in [6, 6.07) is 2.99. The normalized spacial score (nSPS) is 20.8. The lowest BCUT2D eigenvalue weighted by atomic mass is 10.1. The second-order valence-electron chi connectivity index (χ2n) is 7.61. The Morgan fingerprint density at radius 3 is 2.94 bits per heavy atom. The van der Waals surface area contributed by atoms with Crippen LogP contribution in [0.2, 0.25) is 0 Å². The summed E-state index contributed by atoms with van der Waals surface area (Å²) in [6.07, 6.45) is 2.82. The highest BCUT2D eigenvalue weighted by Crippen LogP contribution is 2.27. The van der Waals surface area contributed by atoms with Crippen molar-refractivity contribution in [1.82, 2.24) is 29.6 Å². The van der Waals surface area contributed by atoms with Gasteiger partial charge in [0.15, 0.2) is 0 Å². The van der Waals surface area contributed by atoms with Crippen molar-refractivity contribution >= 4 is 21.9 Å². The Morgan fingerprint density at radius 2 is 2.21 bits per heavy atom. The van der Waals surface area contributed by atoms with Crippen LogP contribution >= 0.6 is 0 Å². The standard InChI is InChI=1S/C19H23N7O6S/c1-11-5-13(25-31-11)9-26-4-3-15(24-26)18(28)14-8-21-10-22-19(14)23-12-6-16(27)17(7-12)32-33(29,30)20-2/h3-5,8,10,12,16-17,20,27H,6-7,9H2,1-2H3,(H,21,22,23)/t12-,16+,17-/m1/s1. The zero-order valence-corrected chi connectivity index (χ0v) is 18.7. The number of anilines is 1. The van der Waals surface area contributed by atoms with Gasteiger partial charge < -0.3 is 14.9 Å². The lowest BCUT2D eigenvalue weighted by molar-refractivity contribution is 0.0636. The Balaban J connectivity index is 1.46. The number of carbonyl (C=O) groups is 1. The fraction of sp³-hybridized carbons (Fsp3) is 0.421. The van der Waals surface area contributed by atoms with Gasteiger partial charge in [-0.15, -0.1) is 0 Å². The third-order valence-electron chi connectivity index (χ3n) is 5.14. The van der Waals surface area contributed by atoms with E-state index in [2.05, 4.69) is 25.5 Å². The van der Waals surface area contributed by atoms with Crippen molar-refractivity contribution in [1.29, 1.82) is 0 Å². The first-order valence-electron chi connectivity index (χ1n) is 10.1. The highest BCUT2D eigenvalue weighted by Gasteiger charge is 2.37. The van der Waals surface area contributed by atoms with Gasteiger partial charge in [-0.05, 0) is 25.8 Å². The second kappa shape index (κ2) is 9.35. The second-order valence-corrected chi connectivity index (χ2v) is 9.12. The van der Waals surface area contributed by atoms with Gasteiger partial charge in [-0.2, -0.15) is 18.2 Å². The van der Waals surface area contributed by atoms with E-state index in [-0.39, 0.29) is 36.0 Å². The highest BCUT2D eigenvalue weighted by atomic mass is 32.2. The topological polar surface area (TPSA) is 174 Å². The molecule has 0 bridgehead atoms. The maximum absolute atomic E-state index is 13.1. The Kier molecular flexibility index (Phi) is 6.51. The van der Waals surface area contributed by atoms with Crippen LogP contribution < -0.4 is 10.0 Å². The van der Waals surface area contributed by atoms with E-state index in [1.807, 2.05) is 4.72 Å². The molecule has 3 N–H and O–H groups in total. The van der Waals surface area contributed by atoms with Gasteiger partial charge in [0.25, 0.3) is 0 Å². The lowest BCUT2D eigenvalue weighted by Gasteiger charge is -2.15. The van der Waals surface area contributed by atoms with E-state index < -0.39 is 28.3 Å². The number of nitrogens with one attached hydrogen (secondary N) is 2. The molecule has 0 radical (unpaired) electrons. The number of aliphatic hydroxyl groups excluding tert-OH is 1. The van der Waals surface area contributed by atoms with Crippen molar-refractivity contribution < 1.29 is 27.0 Å². The predicted octanol–water partition coefficient (Wildman–Crippen LogP) is 0.0334. The number of nitrogens with zero attached hydrogens (tertiary/aromatic N) is 5. The third-order valence-corrected chi connectivity index (χ3v) is 6.14. The lowest BCUT2D eigenvalue weighted by Crippen LogP contribution is -2.31. The van der Waals surface area contributed by atoms with Crippen LogP contribution in [0.3, 0.4) is 0 Å². The molecule has 0 saturated heterocycles. The maximum atomic E-state index is 13.1. The predicted molar refractivity (Wildman–Crippen MR) is 114 cm³/mol. The Morgan fingerprint density at radius 1 is 1.39 bits per heavy atom. The van der Waals surface area contributed by atoms with Crippen LogP contribution in [0.15, 0.2) is 35.4 Å². The van der Waals surface area contributed by atoms with Crippen molar-refractivity contribution in [2.24, 2.45) is 0 Å². The minimum Gasteiger partial charge on any atom is -0.390 e. The van der Waals surface area contributed by atoms with Crippen LogP contribution in [0.5, 0.6) is 0 Å². The Labute approximate surface area is 189 Å². The molecule has 3 atom stereocenters. The molecule has 3 aromatic rings. The molecule has 0 unspecified atom stereocenters. The molecule has 1 saturated carbocycles. The molecule has 0 spiro atoms. The Bertz CT molecular complexity index is 1240. The molecule has 0 amide bonds. The average molecular weight is 478 g/mol. The molecule has 3 aromatic heterocycles. The van der Waals surface area contributed by atoms with Gasteiger partial charge in [0.1, 0.15) is 35.4 Å². The number of carbonyl (C=O) groups excluding carboxylic acids is 1. The third kappa shape index (κ3) is 5.42. The Hall–Kier alpha value is -3.20. The first kappa shape index (κ1) is 23.0. The van der Waals surface area contributed by atoms with E-state index in [9.17, 15) is 18.3 Å². The van der Waals surface area contributed by atoms with Crippen LogP contribution in [0.1, 0.15) is 40.3 Å². The average Bonchev–Trinajstić information content (AvgIpc) is 3.49. The van der Waals surface area contributed by atoms with Crippen molar-refractivity contribution in [3.63, 3.8) is 0 Å². The minimum atomic E-state index is -3.95. The molecule has 1 aliphatic carbocycles. The van der Waals surface area contributed by atoms with E-state index in [0.717, 1.165) is 0 Å². The zero-order chi connectivity index (χ0) is 23.6. The molecule has 0 aromatic carbocycles. The molecular weight excluding hydrogens is 454 g/mol.